The second-order valence-corrected chi connectivity index (χ2v) is 5.19. The highest BCUT2D eigenvalue weighted by molar-refractivity contribution is 9.10. The smallest absolute Gasteiger partial charge is 0.0210 e. The van der Waals surface area contributed by atoms with Crippen molar-refractivity contribution in [2.45, 2.75) is 25.7 Å². The van der Waals surface area contributed by atoms with Crippen molar-refractivity contribution in [3.05, 3.63) is 34.3 Å². The fraction of sp³-hybridized carbons (Fsp3) is 0.538. The molecule has 1 aromatic carbocycles. The lowest BCUT2D eigenvalue weighted by molar-refractivity contribution is 0.473. The summed E-state index contributed by atoms with van der Waals surface area (Å²) in [5.41, 5.74) is 1.47. The molecule has 1 aliphatic heterocycles. The van der Waals surface area contributed by atoms with Crippen molar-refractivity contribution in [3.63, 3.8) is 0 Å². The molecule has 1 N–H and O–H groups in total. The van der Waals surface area contributed by atoms with Gasteiger partial charge in [-0.3, -0.25) is 0 Å². The fourth-order valence-electron chi connectivity index (χ4n) is 2.55. The highest BCUT2D eigenvalue weighted by atomic mass is 79.9. The molecular formula is C13H18BrN. The van der Waals surface area contributed by atoms with Crippen LogP contribution in [0.25, 0.3) is 0 Å². The Morgan fingerprint density at radius 3 is 2.87 bits per heavy atom. The minimum atomic E-state index is 0.695. The van der Waals surface area contributed by atoms with Crippen LogP contribution >= 0.6 is 15.9 Å². The minimum Gasteiger partial charge on any atom is -0.316 e. The van der Waals surface area contributed by atoms with Crippen LogP contribution in [0, 0.1) is 5.92 Å². The van der Waals surface area contributed by atoms with E-state index in [9.17, 15) is 0 Å². The summed E-state index contributed by atoms with van der Waals surface area (Å²) in [4.78, 5) is 0. The highest BCUT2D eigenvalue weighted by Crippen LogP contribution is 2.34. The molecule has 1 heterocycles. The lowest BCUT2D eigenvalue weighted by Gasteiger charge is -2.19. The van der Waals surface area contributed by atoms with Gasteiger partial charge >= 0.3 is 0 Å². The van der Waals surface area contributed by atoms with E-state index in [-0.39, 0.29) is 0 Å². The summed E-state index contributed by atoms with van der Waals surface area (Å²) in [7, 11) is 0. The Morgan fingerprint density at radius 1 is 1.33 bits per heavy atom. The number of nitrogens with one attached hydrogen (secondary N) is 1. The molecule has 1 saturated heterocycles. The van der Waals surface area contributed by atoms with E-state index in [0.717, 1.165) is 12.5 Å². The van der Waals surface area contributed by atoms with Crippen LogP contribution < -0.4 is 5.32 Å². The van der Waals surface area contributed by atoms with E-state index < -0.39 is 0 Å². The van der Waals surface area contributed by atoms with Gasteiger partial charge in [-0.15, -0.1) is 0 Å². The van der Waals surface area contributed by atoms with E-state index in [0.29, 0.717) is 5.92 Å². The van der Waals surface area contributed by atoms with Crippen molar-refractivity contribution >= 4 is 15.9 Å². The maximum atomic E-state index is 3.66. The van der Waals surface area contributed by atoms with Gasteiger partial charge in [0.2, 0.25) is 0 Å². The first-order chi connectivity index (χ1) is 7.33. The Hall–Kier alpha value is -0.340. The van der Waals surface area contributed by atoms with E-state index >= 15 is 0 Å². The average Bonchev–Trinajstić information content (AvgIpc) is 2.67. The molecule has 0 aromatic heterocycles. The molecule has 1 aliphatic rings. The molecule has 0 radical (unpaired) electrons. The van der Waals surface area contributed by atoms with Gasteiger partial charge in [-0.05, 0) is 30.5 Å². The van der Waals surface area contributed by atoms with Gasteiger partial charge in [-0.1, -0.05) is 47.5 Å². The summed E-state index contributed by atoms with van der Waals surface area (Å²) in [6.07, 6.45) is 2.62. The molecule has 2 rings (SSSR count). The van der Waals surface area contributed by atoms with Gasteiger partial charge in [-0.2, -0.15) is 0 Å². The lowest BCUT2D eigenvalue weighted by atomic mass is 9.86. The Bertz CT molecular complexity index is 324. The summed E-state index contributed by atoms with van der Waals surface area (Å²) < 4.78 is 1.26. The maximum Gasteiger partial charge on any atom is 0.0210 e. The van der Waals surface area contributed by atoms with Crippen LogP contribution in [-0.4, -0.2) is 13.1 Å². The van der Waals surface area contributed by atoms with Crippen LogP contribution in [0.1, 0.15) is 31.2 Å². The Morgan fingerprint density at radius 2 is 2.13 bits per heavy atom. The summed E-state index contributed by atoms with van der Waals surface area (Å²) >= 11 is 3.66. The molecule has 0 unspecified atom stereocenters. The quantitative estimate of drug-likeness (QED) is 0.884. The van der Waals surface area contributed by atoms with E-state index in [2.05, 4.69) is 52.4 Å². The molecular weight excluding hydrogens is 250 g/mol. The molecule has 0 bridgehead atoms. The third-order valence-electron chi connectivity index (χ3n) is 3.30. The summed E-state index contributed by atoms with van der Waals surface area (Å²) in [5, 5.41) is 3.51. The molecule has 0 spiro atoms. The van der Waals surface area contributed by atoms with Gasteiger partial charge in [0.25, 0.3) is 0 Å². The zero-order valence-electron chi connectivity index (χ0n) is 9.17. The van der Waals surface area contributed by atoms with Crippen molar-refractivity contribution in [2.75, 3.05) is 13.1 Å². The number of rotatable bonds is 3. The van der Waals surface area contributed by atoms with E-state index in [1.165, 1.54) is 29.4 Å². The standard InChI is InChI=1S/C13H18BrN/c1-2-5-10-8-15-9-12(10)11-6-3-4-7-13(11)14/h3-4,6-7,10,12,15H,2,5,8-9H2,1H3/t10-,12+/m0/s1. The van der Waals surface area contributed by atoms with Crippen LogP contribution in [0.5, 0.6) is 0 Å². The zero-order chi connectivity index (χ0) is 10.7. The molecule has 15 heavy (non-hydrogen) atoms. The lowest BCUT2D eigenvalue weighted by Crippen LogP contribution is -2.10. The van der Waals surface area contributed by atoms with Crippen molar-refractivity contribution < 1.29 is 0 Å². The topological polar surface area (TPSA) is 12.0 Å². The monoisotopic (exact) mass is 267 g/mol. The Kier molecular flexibility index (Phi) is 3.81. The highest BCUT2D eigenvalue weighted by Gasteiger charge is 2.28. The molecule has 1 aromatic rings. The molecule has 2 atom stereocenters. The Balaban J connectivity index is 2.19. The third kappa shape index (κ3) is 2.43. The number of hydrogen-bond acceptors (Lipinski definition) is 1. The van der Waals surface area contributed by atoms with E-state index in [1.54, 1.807) is 0 Å². The normalized spacial score (nSPS) is 25.7. The number of hydrogen-bond donors (Lipinski definition) is 1. The van der Waals surface area contributed by atoms with Gasteiger partial charge in [0.1, 0.15) is 0 Å². The average molecular weight is 268 g/mol. The van der Waals surface area contributed by atoms with Crippen LogP contribution in [0.2, 0.25) is 0 Å². The third-order valence-corrected chi connectivity index (χ3v) is 4.03. The van der Waals surface area contributed by atoms with Crippen molar-refractivity contribution in [1.29, 1.82) is 0 Å². The SMILES string of the molecule is CCC[C@H]1CNC[C@H]1c1ccccc1Br. The van der Waals surface area contributed by atoms with Crippen LogP contribution in [0.3, 0.4) is 0 Å². The second kappa shape index (κ2) is 5.13. The van der Waals surface area contributed by atoms with Gasteiger partial charge in [0.15, 0.2) is 0 Å². The molecule has 1 fully saturated rings. The molecule has 82 valence electrons. The fourth-order valence-corrected chi connectivity index (χ4v) is 3.13. The van der Waals surface area contributed by atoms with Gasteiger partial charge in [0, 0.05) is 16.9 Å². The Labute approximate surface area is 100 Å². The second-order valence-electron chi connectivity index (χ2n) is 4.34. The largest absolute Gasteiger partial charge is 0.316 e. The first kappa shape index (κ1) is 11.2. The number of halogens is 1. The first-order valence-corrected chi connectivity index (χ1v) is 6.57. The van der Waals surface area contributed by atoms with Gasteiger partial charge in [0.05, 0.1) is 0 Å². The molecule has 2 heteroatoms. The van der Waals surface area contributed by atoms with Crippen molar-refractivity contribution in [2.24, 2.45) is 5.92 Å². The minimum absolute atomic E-state index is 0.695. The maximum absolute atomic E-state index is 3.66. The van der Waals surface area contributed by atoms with Crippen molar-refractivity contribution in [3.8, 4) is 0 Å². The predicted octanol–water partition coefficient (Wildman–Crippen LogP) is 3.55. The molecule has 0 saturated carbocycles. The zero-order valence-corrected chi connectivity index (χ0v) is 10.8. The molecule has 0 amide bonds. The van der Waals surface area contributed by atoms with Gasteiger partial charge < -0.3 is 5.32 Å². The predicted molar refractivity (Wildman–Crippen MR) is 68.2 cm³/mol. The van der Waals surface area contributed by atoms with Crippen molar-refractivity contribution in [1.82, 2.24) is 5.32 Å². The van der Waals surface area contributed by atoms with Crippen LogP contribution in [0.4, 0.5) is 0 Å². The first-order valence-electron chi connectivity index (χ1n) is 5.78. The molecule has 0 aliphatic carbocycles. The number of benzene rings is 1. The summed E-state index contributed by atoms with van der Waals surface area (Å²) in [6.45, 7) is 4.59. The van der Waals surface area contributed by atoms with E-state index in [1.807, 2.05) is 0 Å². The van der Waals surface area contributed by atoms with Gasteiger partial charge in [-0.25, -0.2) is 0 Å². The van der Waals surface area contributed by atoms with Crippen LogP contribution in [0.15, 0.2) is 28.7 Å². The molecule has 1 nitrogen and oxygen atoms in total. The summed E-state index contributed by atoms with van der Waals surface area (Å²) in [6, 6.07) is 8.63. The van der Waals surface area contributed by atoms with E-state index in [4.69, 9.17) is 0 Å². The summed E-state index contributed by atoms with van der Waals surface area (Å²) in [5.74, 6) is 1.51. The van der Waals surface area contributed by atoms with Crippen LogP contribution in [-0.2, 0) is 0 Å².